The fourth-order valence-electron chi connectivity index (χ4n) is 1.53. The third-order valence-corrected chi connectivity index (χ3v) is 2.17. The molecule has 0 bridgehead atoms. The number of hydrogen-bond donors (Lipinski definition) is 2. The van der Waals surface area contributed by atoms with E-state index in [1.807, 2.05) is 0 Å². The first-order valence-corrected chi connectivity index (χ1v) is 6.00. The lowest BCUT2D eigenvalue weighted by Gasteiger charge is -2.22. The Hall–Kier alpha value is -1.98. The maximum absolute atomic E-state index is 11.6. The number of carboxylic acid groups (broad SMARTS) is 1. The molecule has 0 saturated heterocycles. The maximum atomic E-state index is 11.6. The highest BCUT2D eigenvalue weighted by molar-refractivity contribution is 5.71. The fraction of sp³-hybridized carbons (Fsp3) is 0.538. The Balaban J connectivity index is 2.59. The first kappa shape index (κ1) is 15.1. The van der Waals surface area contributed by atoms with Crippen LogP contribution in [0.2, 0.25) is 0 Å². The lowest BCUT2D eigenvalue weighted by Crippen LogP contribution is -2.41. The van der Waals surface area contributed by atoms with Gasteiger partial charge in [0.1, 0.15) is 11.4 Å². The number of carboxylic acids is 1. The maximum Gasteiger partial charge on any atom is 0.407 e. The third-order valence-electron chi connectivity index (χ3n) is 2.17. The van der Waals surface area contributed by atoms with Gasteiger partial charge in [-0.05, 0) is 32.9 Å². The fourth-order valence-corrected chi connectivity index (χ4v) is 1.53. The Morgan fingerprint density at radius 1 is 1.47 bits per heavy atom. The summed E-state index contributed by atoms with van der Waals surface area (Å²) in [5.74, 6) is -0.380. The molecule has 1 aromatic rings. The minimum absolute atomic E-state index is 0.195. The van der Waals surface area contributed by atoms with Crippen LogP contribution >= 0.6 is 0 Å². The average molecular weight is 269 g/mol. The Labute approximate surface area is 111 Å². The Morgan fingerprint density at radius 2 is 2.16 bits per heavy atom. The number of carbonyl (C=O) groups excluding carboxylic acids is 1. The average Bonchev–Trinajstić information content (AvgIpc) is 2.65. The summed E-state index contributed by atoms with van der Waals surface area (Å²) in [5.41, 5.74) is -0.622. The van der Waals surface area contributed by atoms with Gasteiger partial charge in [-0.1, -0.05) is 0 Å². The van der Waals surface area contributed by atoms with Crippen LogP contribution in [0.1, 0.15) is 33.0 Å². The molecule has 1 heterocycles. The molecule has 0 aromatic carbocycles. The number of rotatable bonds is 5. The van der Waals surface area contributed by atoms with Crippen molar-refractivity contribution in [1.29, 1.82) is 0 Å². The third kappa shape index (κ3) is 6.49. The van der Waals surface area contributed by atoms with E-state index in [1.54, 1.807) is 32.9 Å². The molecule has 106 valence electrons. The number of aliphatic carboxylic acids is 1. The highest BCUT2D eigenvalue weighted by atomic mass is 16.6. The van der Waals surface area contributed by atoms with Gasteiger partial charge in [-0.25, -0.2) is 4.79 Å². The van der Waals surface area contributed by atoms with Crippen LogP contribution in [0.15, 0.2) is 22.8 Å². The highest BCUT2D eigenvalue weighted by Gasteiger charge is 2.22. The van der Waals surface area contributed by atoms with E-state index in [-0.39, 0.29) is 6.42 Å². The van der Waals surface area contributed by atoms with Gasteiger partial charge in [-0.2, -0.15) is 0 Å². The second-order valence-corrected chi connectivity index (χ2v) is 5.22. The van der Waals surface area contributed by atoms with E-state index in [2.05, 4.69) is 5.32 Å². The van der Waals surface area contributed by atoms with Crippen LogP contribution < -0.4 is 5.32 Å². The normalized spacial score (nSPS) is 12.8. The minimum Gasteiger partial charge on any atom is -0.481 e. The van der Waals surface area contributed by atoms with Crippen LogP contribution in [0, 0.1) is 0 Å². The van der Waals surface area contributed by atoms with Crippen molar-refractivity contribution in [3.05, 3.63) is 24.2 Å². The van der Waals surface area contributed by atoms with E-state index in [1.165, 1.54) is 6.26 Å². The highest BCUT2D eigenvalue weighted by Crippen LogP contribution is 2.10. The number of hydrogen-bond acceptors (Lipinski definition) is 4. The van der Waals surface area contributed by atoms with Crippen molar-refractivity contribution in [1.82, 2.24) is 5.32 Å². The van der Waals surface area contributed by atoms with Gasteiger partial charge < -0.3 is 19.6 Å². The number of amides is 1. The van der Waals surface area contributed by atoms with Crippen LogP contribution in [0.3, 0.4) is 0 Å². The number of carbonyl (C=O) groups is 2. The van der Waals surface area contributed by atoms with Gasteiger partial charge in [0.25, 0.3) is 0 Å². The van der Waals surface area contributed by atoms with Crippen molar-refractivity contribution in [2.75, 3.05) is 0 Å². The summed E-state index contributed by atoms with van der Waals surface area (Å²) in [4.78, 5) is 22.4. The van der Waals surface area contributed by atoms with Crippen molar-refractivity contribution >= 4 is 12.1 Å². The van der Waals surface area contributed by atoms with E-state index in [4.69, 9.17) is 14.3 Å². The first-order chi connectivity index (χ1) is 8.76. The van der Waals surface area contributed by atoms with Crippen molar-refractivity contribution in [3.8, 4) is 0 Å². The van der Waals surface area contributed by atoms with Gasteiger partial charge >= 0.3 is 12.1 Å². The smallest absolute Gasteiger partial charge is 0.407 e. The SMILES string of the molecule is CC(C)(C)OC(=O)N[C@@H](CC(=O)O)Cc1ccco1. The standard InChI is InChI=1S/C13H19NO5/c1-13(2,3)19-12(17)14-9(8-11(15)16)7-10-5-4-6-18-10/h4-6,9H,7-8H2,1-3H3,(H,14,17)(H,15,16)/t9-/m1/s1. The summed E-state index contributed by atoms with van der Waals surface area (Å²) in [6, 6.07) is 2.87. The monoisotopic (exact) mass is 269 g/mol. The molecule has 1 atom stereocenters. The molecule has 0 aliphatic rings. The molecule has 0 spiro atoms. The molecule has 1 amide bonds. The molecule has 0 unspecified atom stereocenters. The largest absolute Gasteiger partial charge is 0.481 e. The van der Waals surface area contributed by atoms with Gasteiger partial charge in [-0.3, -0.25) is 4.79 Å². The summed E-state index contributed by atoms with van der Waals surface area (Å²) in [7, 11) is 0. The quantitative estimate of drug-likeness (QED) is 0.855. The van der Waals surface area contributed by atoms with Crippen LogP contribution in [-0.2, 0) is 16.0 Å². The molecule has 6 heteroatoms. The Bertz CT molecular complexity index is 419. The molecule has 0 fully saturated rings. The molecular formula is C13H19NO5. The second-order valence-electron chi connectivity index (χ2n) is 5.22. The number of alkyl carbamates (subject to hydrolysis) is 1. The zero-order valence-electron chi connectivity index (χ0n) is 11.3. The van der Waals surface area contributed by atoms with Crippen molar-refractivity contribution in [3.63, 3.8) is 0 Å². The van der Waals surface area contributed by atoms with Gasteiger partial charge in [0.2, 0.25) is 0 Å². The molecule has 0 radical (unpaired) electrons. The lowest BCUT2D eigenvalue weighted by molar-refractivity contribution is -0.137. The lowest BCUT2D eigenvalue weighted by atomic mass is 10.1. The van der Waals surface area contributed by atoms with Gasteiger partial charge in [0.15, 0.2) is 0 Å². The van der Waals surface area contributed by atoms with Crippen LogP contribution in [-0.4, -0.2) is 28.8 Å². The summed E-state index contributed by atoms with van der Waals surface area (Å²) >= 11 is 0. The summed E-state index contributed by atoms with van der Waals surface area (Å²) in [5, 5.41) is 11.4. The zero-order chi connectivity index (χ0) is 14.5. The molecular weight excluding hydrogens is 250 g/mol. The van der Waals surface area contributed by atoms with Crippen molar-refractivity contribution in [2.45, 2.75) is 45.3 Å². The predicted octanol–water partition coefficient (Wildman–Crippen LogP) is 2.19. The second kappa shape index (κ2) is 6.26. The van der Waals surface area contributed by atoms with Crippen LogP contribution in [0.25, 0.3) is 0 Å². The topological polar surface area (TPSA) is 88.8 Å². The van der Waals surface area contributed by atoms with Crippen molar-refractivity contribution < 1.29 is 23.8 Å². The van der Waals surface area contributed by atoms with Gasteiger partial charge in [-0.15, -0.1) is 0 Å². The molecule has 0 aliphatic heterocycles. The minimum atomic E-state index is -0.993. The van der Waals surface area contributed by atoms with Crippen LogP contribution in [0.4, 0.5) is 4.79 Å². The van der Waals surface area contributed by atoms with E-state index in [0.717, 1.165) is 0 Å². The molecule has 1 aromatic heterocycles. The van der Waals surface area contributed by atoms with Gasteiger partial charge in [0.05, 0.1) is 12.7 Å². The van der Waals surface area contributed by atoms with E-state index in [0.29, 0.717) is 12.2 Å². The van der Waals surface area contributed by atoms with Gasteiger partial charge in [0, 0.05) is 12.5 Å². The molecule has 0 saturated carbocycles. The zero-order valence-corrected chi connectivity index (χ0v) is 11.3. The summed E-state index contributed by atoms with van der Waals surface area (Å²) < 4.78 is 10.2. The molecule has 2 N–H and O–H groups in total. The van der Waals surface area contributed by atoms with Crippen LogP contribution in [0.5, 0.6) is 0 Å². The molecule has 1 rings (SSSR count). The molecule has 19 heavy (non-hydrogen) atoms. The Kier molecular flexibility index (Phi) is 4.97. The molecule has 0 aliphatic carbocycles. The summed E-state index contributed by atoms with van der Waals surface area (Å²) in [6.45, 7) is 5.22. The van der Waals surface area contributed by atoms with E-state index < -0.39 is 23.7 Å². The van der Waals surface area contributed by atoms with E-state index in [9.17, 15) is 9.59 Å². The summed E-state index contributed by atoms with van der Waals surface area (Å²) in [6.07, 6.45) is 0.976. The number of furan rings is 1. The Morgan fingerprint density at radius 3 is 2.63 bits per heavy atom. The number of nitrogens with one attached hydrogen (secondary N) is 1. The van der Waals surface area contributed by atoms with E-state index >= 15 is 0 Å². The molecule has 6 nitrogen and oxygen atoms in total. The first-order valence-electron chi connectivity index (χ1n) is 6.00. The predicted molar refractivity (Wildman–Crippen MR) is 67.8 cm³/mol. The number of ether oxygens (including phenoxy) is 1. The van der Waals surface area contributed by atoms with Crippen molar-refractivity contribution in [2.24, 2.45) is 0 Å².